The van der Waals surface area contributed by atoms with Crippen molar-refractivity contribution in [2.45, 2.75) is 13.5 Å². The molecule has 2 aromatic heterocycles. The van der Waals surface area contributed by atoms with Crippen LogP contribution in [0.2, 0.25) is 0 Å². The Labute approximate surface area is 178 Å². The Morgan fingerprint density at radius 1 is 1.03 bits per heavy atom. The van der Waals surface area contributed by atoms with Gasteiger partial charge in [-0.15, -0.1) is 0 Å². The van der Waals surface area contributed by atoms with E-state index < -0.39 is 5.91 Å². The van der Waals surface area contributed by atoms with Crippen LogP contribution in [0.4, 0.5) is 0 Å². The molecule has 0 unspecified atom stereocenters. The fraction of sp³-hybridized carbons (Fsp3) is 0.130. The molecule has 4 rings (SSSR count). The van der Waals surface area contributed by atoms with Gasteiger partial charge in [0, 0.05) is 18.0 Å². The number of aromatic nitrogens is 3. The number of amides is 1. The fourth-order valence-electron chi connectivity index (χ4n) is 3.00. The number of carbonyl (C=O) groups excluding carboxylic acids is 1. The van der Waals surface area contributed by atoms with Crippen molar-refractivity contribution in [3.63, 3.8) is 0 Å². The number of carbonyl (C=O) groups is 1. The van der Waals surface area contributed by atoms with Gasteiger partial charge in [-0.05, 0) is 55.0 Å². The van der Waals surface area contributed by atoms with E-state index in [1.54, 1.807) is 54.9 Å². The summed E-state index contributed by atoms with van der Waals surface area (Å²) < 4.78 is 12.6. The first kappa shape index (κ1) is 20.1. The highest BCUT2D eigenvalue weighted by Crippen LogP contribution is 2.29. The quantitative estimate of drug-likeness (QED) is 0.497. The van der Waals surface area contributed by atoms with Crippen LogP contribution in [-0.4, -0.2) is 27.2 Å². The Hall–Kier alpha value is -4.20. The van der Waals surface area contributed by atoms with Crippen LogP contribution < -0.4 is 20.5 Å². The number of pyridine rings is 1. The van der Waals surface area contributed by atoms with Gasteiger partial charge in [0.1, 0.15) is 12.9 Å². The van der Waals surface area contributed by atoms with Crippen LogP contribution in [0.5, 0.6) is 11.5 Å². The molecule has 1 amide bonds. The first-order chi connectivity index (χ1) is 15.2. The van der Waals surface area contributed by atoms with E-state index in [0.29, 0.717) is 41.2 Å². The Morgan fingerprint density at radius 3 is 2.65 bits per heavy atom. The van der Waals surface area contributed by atoms with Gasteiger partial charge in [-0.25, -0.2) is 9.66 Å². The van der Waals surface area contributed by atoms with E-state index in [0.717, 1.165) is 10.2 Å². The number of hydrogen-bond acceptors (Lipinski definition) is 6. The molecular formula is C23H20N4O4. The third-order valence-electron chi connectivity index (χ3n) is 4.54. The Morgan fingerprint density at radius 2 is 1.84 bits per heavy atom. The molecule has 0 aliphatic heterocycles. The molecule has 0 aliphatic rings. The van der Waals surface area contributed by atoms with Crippen molar-refractivity contribution in [1.29, 1.82) is 0 Å². The molecule has 31 heavy (non-hydrogen) atoms. The molecule has 2 heterocycles. The molecule has 0 atom stereocenters. The second-order valence-electron chi connectivity index (χ2n) is 6.62. The van der Waals surface area contributed by atoms with E-state index in [1.807, 2.05) is 19.1 Å². The van der Waals surface area contributed by atoms with Crippen molar-refractivity contribution >= 4 is 16.8 Å². The molecule has 8 heteroatoms. The summed E-state index contributed by atoms with van der Waals surface area (Å²) in [4.78, 5) is 33.5. The number of benzene rings is 2. The van der Waals surface area contributed by atoms with E-state index in [4.69, 9.17) is 9.47 Å². The minimum atomic E-state index is -0.471. The highest BCUT2D eigenvalue weighted by atomic mass is 16.5. The lowest BCUT2D eigenvalue weighted by Crippen LogP contribution is -2.33. The molecule has 0 fully saturated rings. The lowest BCUT2D eigenvalue weighted by molar-refractivity contribution is 0.101. The predicted molar refractivity (Wildman–Crippen MR) is 116 cm³/mol. The number of fused-ring (bicyclic) bond motifs is 1. The van der Waals surface area contributed by atoms with Gasteiger partial charge in [-0.1, -0.05) is 12.1 Å². The fourth-order valence-corrected chi connectivity index (χ4v) is 3.00. The summed E-state index contributed by atoms with van der Waals surface area (Å²) in [7, 11) is 0. The van der Waals surface area contributed by atoms with Crippen molar-refractivity contribution in [1.82, 2.24) is 14.6 Å². The molecule has 0 bridgehead atoms. The summed E-state index contributed by atoms with van der Waals surface area (Å²) in [6, 6.07) is 15.5. The zero-order valence-electron chi connectivity index (χ0n) is 16.8. The van der Waals surface area contributed by atoms with Gasteiger partial charge in [-0.2, -0.15) is 0 Å². The van der Waals surface area contributed by atoms with Gasteiger partial charge in [0.25, 0.3) is 11.5 Å². The highest BCUT2D eigenvalue weighted by Gasteiger charge is 2.14. The molecule has 8 nitrogen and oxygen atoms in total. The van der Waals surface area contributed by atoms with E-state index in [-0.39, 0.29) is 5.56 Å². The molecule has 4 aromatic rings. The zero-order chi connectivity index (χ0) is 21.6. The van der Waals surface area contributed by atoms with Gasteiger partial charge in [0.15, 0.2) is 11.5 Å². The Balaban J connectivity index is 1.55. The smallest absolute Gasteiger partial charge is 0.280 e. The monoisotopic (exact) mass is 416 g/mol. The van der Waals surface area contributed by atoms with E-state index in [9.17, 15) is 9.59 Å². The molecule has 0 saturated heterocycles. The second-order valence-corrected chi connectivity index (χ2v) is 6.62. The molecule has 0 spiro atoms. The Bertz CT molecular complexity index is 1270. The minimum absolute atomic E-state index is 0.319. The van der Waals surface area contributed by atoms with Crippen molar-refractivity contribution in [2.75, 3.05) is 12.0 Å². The lowest BCUT2D eigenvalue weighted by Gasteiger charge is -2.14. The van der Waals surface area contributed by atoms with Gasteiger partial charge in [0.2, 0.25) is 0 Å². The third kappa shape index (κ3) is 4.53. The number of nitrogens with one attached hydrogen (secondary N) is 1. The predicted octanol–water partition coefficient (Wildman–Crippen LogP) is 3.15. The average Bonchev–Trinajstić information content (AvgIpc) is 2.81. The van der Waals surface area contributed by atoms with Gasteiger partial charge < -0.3 is 9.47 Å². The Kier molecular flexibility index (Phi) is 5.89. The first-order valence-corrected chi connectivity index (χ1v) is 9.72. The van der Waals surface area contributed by atoms with Crippen molar-refractivity contribution in [3.05, 3.63) is 94.8 Å². The minimum Gasteiger partial charge on any atom is -0.490 e. The lowest BCUT2D eigenvalue weighted by atomic mass is 10.2. The second kappa shape index (κ2) is 9.08. The van der Waals surface area contributed by atoms with Gasteiger partial charge >= 0.3 is 0 Å². The number of rotatable bonds is 7. The molecule has 156 valence electrons. The van der Waals surface area contributed by atoms with Crippen LogP contribution in [0.15, 0.2) is 78.1 Å². The van der Waals surface area contributed by atoms with Crippen molar-refractivity contribution in [3.8, 4) is 11.5 Å². The molecule has 0 aliphatic carbocycles. The summed E-state index contributed by atoms with van der Waals surface area (Å²) in [5.41, 5.74) is 4.05. The molecular weight excluding hydrogens is 396 g/mol. The summed E-state index contributed by atoms with van der Waals surface area (Å²) in [5.74, 6) is 0.480. The standard InChI is InChI=1S/C23H20N4O4/c1-2-30-21-13-17(7-8-20(21)31-14-16-9-11-24-12-10-16)22(28)26-27-15-25-19-6-4-3-5-18(19)23(27)29/h3-13,15H,2,14H2,1H3,(H,26,28). The maximum Gasteiger partial charge on any atom is 0.280 e. The molecule has 1 N–H and O–H groups in total. The third-order valence-corrected chi connectivity index (χ3v) is 4.54. The molecule has 2 aromatic carbocycles. The van der Waals surface area contributed by atoms with Crippen LogP contribution in [0.25, 0.3) is 10.9 Å². The maximum atomic E-state index is 12.7. The number of ether oxygens (including phenoxy) is 2. The van der Waals surface area contributed by atoms with Crippen molar-refractivity contribution in [2.24, 2.45) is 0 Å². The maximum absolute atomic E-state index is 12.7. The average molecular weight is 416 g/mol. The highest BCUT2D eigenvalue weighted by molar-refractivity contribution is 6.00. The molecule has 0 saturated carbocycles. The summed E-state index contributed by atoms with van der Waals surface area (Å²) in [5, 5.41) is 0.417. The number of nitrogens with zero attached hydrogens (tertiary/aromatic N) is 3. The SMILES string of the molecule is CCOc1cc(C(=O)Nn2cnc3ccccc3c2=O)ccc1OCc1ccncc1. The summed E-state index contributed by atoms with van der Waals surface area (Å²) >= 11 is 0. The van der Waals surface area contributed by atoms with Gasteiger partial charge in [-0.3, -0.25) is 20.0 Å². The largest absolute Gasteiger partial charge is 0.490 e. The number of hydrogen-bond donors (Lipinski definition) is 1. The van der Waals surface area contributed by atoms with E-state index in [1.165, 1.54) is 6.33 Å². The van der Waals surface area contributed by atoms with Crippen LogP contribution in [0.3, 0.4) is 0 Å². The van der Waals surface area contributed by atoms with E-state index >= 15 is 0 Å². The van der Waals surface area contributed by atoms with Crippen LogP contribution >= 0.6 is 0 Å². The van der Waals surface area contributed by atoms with E-state index in [2.05, 4.69) is 15.4 Å². The normalized spacial score (nSPS) is 10.6. The van der Waals surface area contributed by atoms with Gasteiger partial charge in [0.05, 0.1) is 17.5 Å². The molecule has 0 radical (unpaired) electrons. The topological polar surface area (TPSA) is 95.3 Å². The van der Waals surface area contributed by atoms with Crippen LogP contribution in [0.1, 0.15) is 22.8 Å². The van der Waals surface area contributed by atoms with Crippen LogP contribution in [0, 0.1) is 0 Å². The zero-order valence-corrected chi connectivity index (χ0v) is 16.8. The summed E-state index contributed by atoms with van der Waals surface area (Å²) in [6.07, 6.45) is 4.68. The van der Waals surface area contributed by atoms with Crippen LogP contribution in [-0.2, 0) is 6.61 Å². The summed E-state index contributed by atoms with van der Waals surface area (Å²) in [6.45, 7) is 2.59. The first-order valence-electron chi connectivity index (χ1n) is 9.72. The number of para-hydroxylation sites is 1. The van der Waals surface area contributed by atoms with Crippen molar-refractivity contribution < 1.29 is 14.3 Å².